The SMILES string of the molecule is CCS[C@@H](C)c1noc(CN2C[C@@H](C(=O)N(C)C)Oc3ccccc32)n1. The number of aromatic nitrogens is 2. The van der Waals surface area contributed by atoms with Gasteiger partial charge < -0.3 is 19.1 Å². The van der Waals surface area contributed by atoms with Gasteiger partial charge in [-0.25, -0.2) is 0 Å². The number of hydrogen-bond acceptors (Lipinski definition) is 7. The maximum absolute atomic E-state index is 12.4. The van der Waals surface area contributed by atoms with E-state index in [0.717, 1.165) is 11.4 Å². The molecule has 1 amide bonds. The van der Waals surface area contributed by atoms with Gasteiger partial charge in [0.2, 0.25) is 5.89 Å². The third kappa shape index (κ3) is 3.95. The lowest BCUT2D eigenvalue weighted by atomic mass is 10.1. The number of fused-ring (bicyclic) bond motifs is 1. The minimum Gasteiger partial charge on any atom is -0.477 e. The minimum absolute atomic E-state index is 0.0660. The van der Waals surface area contributed by atoms with Crippen LogP contribution >= 0.6 is 11.8 Å². The van der Waals surface area contributed by atoms with Gasteiger partial charge >= 0.3 is 0 Å². The van der Waals surface area contributed by atoms with Crippen LogP contribution in [0, 0.1) is 0 Å². The molecule has 0 N–H and O–H groups in total. The fourth-order valence-corrected chi connectivity index (χ4v) is 3.60. The number of ether oxygens (including phenoxy) is 1. The molecular weight excluding hydrogens is 352 g/mol. The van der Waals surface area contributed by atoms with Crippen molar-refractivity contribution in [2.75, 3.05) is 31.3 Å². The molecule has 0 saturated carbocycles. The molecular formula is C18H24N4O3S. The second kappa shape index (κ2) is 7.99. The van der Waals surface area contributed by atoms with Crippen molar-refractivity contribution >= 4 is 23.4 Å². The highest BCUT2D eigenvalue weighted by atomic mass is 32.2. The zero-order valence-corrected chi connectivity index (χ0v) is 16.3. The Morgan fingerprint density at radius 1 is 1.42 bits per heavy atom. The quantitative estimate of drug-likeness (QED) is 0.767. The molecule has 0 bridgehead atoms. The van der Waals surface area contributed by atoms with Crippen LogP contribution in [0.15, 0.2) is 28.8 Å². The number of para-hydroxylation sites is 2. The van der Waals surface area contributed by atoms with E-state index in [9.17, 15) is 4.79 Å². The molecule has 26 heavy (non-hydrogen) atoms. The Morgan fingerprint density at radius 2 is 2.19 bits per heavy atom. The lowest BCUT2D eigenvalue weighted by molar-refractivity contribution is -0.136. The summed E-state index contributed by atoms with van der Waals surface area (Å²) in [5.41, 5.74) is 0.922. The Bertz CT molecular complexity index is 764. The summed E-state index contributed by atoms with van der Waals surface area (Å²) in [6.07, 6.45) is -0.558. The Hall–Kier alpha value is -2.22. The molecule has 2 atom stereocenters. The molecule has 7 nitrogen and oxygen atoms in total. The lowest BCUT2D eigenvalue weighted by Crippen LogP contribution is -2.48. The third-order valence-electron chi connectivity index (χ3n) is 4.17. The number of nitrogens with zero attached hydrogens (tertiary/aromatic N) is 4. The van der Waals surface area contributed by atoms with Gasteiger partial charge in [-0.2, -0.15) is 16.7 Å². The average molecular weight is 376 g/mol. The van der Waals surface area contributed by atoms with E-state index in [4.69, 9.17) is 9.26 Å². The fourth-order valence-electron chi connectivity index (χ4n) is 2.86. The van der Waals surface area contributed by atoms with Crippen molar-refractivity contribution in [2.45, 2.75) is 31.7 Å². The van der Waals surface area contributed by atoms with Crippen LogP contribution in [0.1, 0.15) is 30.8 Å². The van der Waals surface area contributed by atoms with Crippen molar-refractivity contribution in [2.24, 2.45) is 0 Å². The first-order valence-electron chi connectivity index (χ1n) is 8.65. The molecule has 1 aliphatic rings. The van der Waals surface area contributed by atoms with Crippen molar-refractivity contribution < 1.29 is 14.1 Å². The van der Waals surface area contributed by atoms with Crippen LogP contribution in [0.5, 0.6) is 5.75 Å². The maximum Gasteiger partial charge on any atom is 0.265 e. The summed E-state index contributed by atoms with van der Waals surface area (Å²) in [6.45, 7) is 5.05. The summed E-state index contributed by atoms with van der Waals surface area (Å²) in [6, 6.07) is 7.69. The molecule has 2 aromatic rings. The van der Waals surface area contributed by atoms with Gasteiger partial charge in [0.25, 0.3) is 5.91 Å². The van der Waals surface area contributed by atoms with E-state index < -0.39 is 6.10 Å². The molecule has 2 heterocycles. The van der Waals surface area contributed by atoms with Gasteiger partial charge in [0.1, 0.15) is 5.75 Å². The number of benzene rings is 1. The predicted molar refractivity (Wildman–Crippen MR) is 101 cm³/mol. The number of amides is 1. The highest BCUT2D eigenvalue weighted by Gasteiger charge is 2.32. The number of carbonyl (C=O) groups excluding carboxylic acids is 1. The molecule has 0 aliphatic carbocycles. The molecule has 0 spiro atoms. The van der Waals surface area contributed by atoms with Crippen molar-refractivity contribution in [3.63, 3.8) is 0 Å². The Labute approximate surface area is 157 Å². The van der Waals surface area contributed by atoms with E-state index in [1.165, 1.54) is 0 Å². The second-order valence-electron chi connectivity index (χ2n) is 6.33. The number of thioether (sulfide) groups is 1. The highest BCUT2D eigenvalue weighted by molar-refractivity contribution is 7.99. The van der Waals surface area contributed by atoms with Gasteiger partial charge in [-0.3, -0.25) is 4.79 Å². The van der Waals surface area contributed by atoms with Gasteiger partial charge in [0, 0.05) is 14.1 Å². The highest BCUT2D eigenvalue weighted by Crippen LogP contribution is 2.34. The molecule has 1 aromatic carbocycles. The predicted octanol–water partition coefficient (Wildman–Crippen LogP) is 2.74. The van der Waals surface area contributed by atoms with Crippen LogP contribution in [0.4, 0.5) is 5.69 Å². The van der Waals surface area contributed by atoms with Crippen LogP contribution < -0.4 is 9.64 Å². The number of carbonyl (C=O) groups is 1. The molecule has 0 saturated heterocycles. The summed E-state index contributed by atoms with van der Waals surface area (Å²) in [5, 5.41) is 4.29. The van der Waals surface area contributed by atoms with Crippen molar-refractivity contribution in [3.05, 3.63) is 36.0 Å². The first-order valence-corrected chi connectivity index (χ1v) is 9.70. The summed E-state index contributed by atoms with van der Waals surface area (Å²) < 4.78 is 11.3. The zero-order valence-electron chi connectivity index (χ0n) is 15.5. The topological polar surface area (TPSA) is 71.7 Å². The normalized spacial score (nSPS) is 17.4. The number of rotatable bonds is 6. The standard InChI is InChI=1S/C18H24N4O3S/c1-5-26-12(2)17-19-16(25-20-17)11-22-10-15(18(23)21(3)4)24-14-9-7-6-8-13(14)22/h6-9,12,15H,5,10-11H2,1-4H3/t12-,15-/m0/s1. The molecule has 0 fully saturated rings. The maximum atomic E-state index is 12.4. The van der Waals surface area contributed by atoms with E-state index >= 15 is 0 Å². The lowest BCUT2D eigenvalue weighted by Gasteiger charge is -2.35. The Kier molecular flexibility index (Phi) is 5.70. The Morgan fingerprint density at radius 3 is 2.92 bits per heavy atom. The molecule has 3 rings (SSSR count). The van der Waals surface area contributed by atoms with Gasteiger partial charge in [0.05, 0.1) is 24.0 Å². The zero-order chi connectivity index (χ0) is 18.7. The molecule has 1 aliphatic heterocycles. The summed E-state index contributed by atoms with van der Waals surface area (Å²) in [7, 11) is 3.46. The molecule has 1 aromatic heterocycles. The van der Waals surface area contributed by atoms with Gasteiger partial charge in [0.15, 0.2) is 11.9 Å². The summed E-state index contributed by atoms with van der Waals surface area (Å²) in [5.74, 6) is 2.86. The van der Waals surface area contributed by atoms with Crippen LogP contribution in [0.25, 0.3) is 0 Å². The van der Waals surface area contributed by atoms with E-state index in [2.05, 4.69) is 28.9 Å². The van der Waals surface area contributed by atoms with E-state index in [-0.39, 0.29) is 11.2 Å². The largest absolute Gasteiger partial charge is 0.477 e. The van der Waals surface area contributed by atoms with E-state index in [1.807, 2.05) is 24.3 Å². The first kappa shape index (κ1) is 18.6. The van der Waals surface area contributed by atoms with Crippen molar-refractivity contribution in [1.82, 2.24) is 15.0 Å². The fraction of sp³-hybridized carbons (Fsp3) is 0.500. The summed E-state index contributed by atoms with van der Waals surface area (Å²) >= 11 is 1.77. The molecule has 8 heteroatoms. The average Bonchev–Trinajstić information content (AvgIpc) is 3.09. The van der Waals surface area contributed by atoms with Crippen LogP contribution in [-0.4, -0.2) is 53.4 Å². The van der Waals surface area contributed by atoms with Crippen LogP contribution in [0.3, 0.4) is 0 Å². The molecule has 140 valence electrons. The van der Waals surface area contributed by atoms with Crippen LogP contribution in [0.2, 0.25) is 0 Å². The third-order valence-corrected chi connectivity index (χ3v) is 5.21. The van der Waals surface area contributed by atoms with Crippen molar-refractivity contribution in [3.8, 4) is 5.75 Å². The monoisotopic (exact) mass is 376 g/mol. The number of hydrogen-bond donors (Lipinski definition) is 0. The number of likely N-dealkylation sites (N-methyl/N-ethyl adjacent to an activating group) is 1. The van der Waals surface area contributed by atoms with Gasteiger partial charge in [-0.1, -0.05) is 24.2 Å². The molecule has 0 unspecified atom stereocenters. The second-order valence-corrected chi connectivity index (χ2v) is 7.95. The Balaban J connectivity index is 1.80. The van der Waals surface area contributed by atoms with Gasteiger partial charge in [-0.05, 0) is 24.8 Å². The van der Waals surface area contributed by atoms with Crippen LogP contribution in [-0.2, 0) is 11.3 Å². The minimum atomic E-state index is -0.558. The number of anilines is 1. The van der Waals surface area contributed by atoms with Gasteiger partial charge in [-0.15, -0.1) is 0 Å². The van der Waals surface area contributed by atoms with E-state index in [1.54, 1.807) is 30.8 Å². The molecule has 0 radical (unpaired) electrons. The van der Waals surface area contributed by atoms with Crippen molar-refractivity contribution in [1.29, 1.82) is 0 Å². The summed E-state index contributed by atoms with van der Waals surface area (Å²) in [4.78, 5) is 20.5. The first-order chi connectivity index (χ1) is 12.5. The smallest absolute Gasteiger partial charge is 0.265 e. The van der Waals surface area contributed by atoms with E-state index in [0.29, 0.717) is 30.6 Å².